The molecule has 1 saturated carbocycles. The molecule has 0 radical (unpaired) electrons. The van der Waals surface area contributed by atoms with Gasteiger partial charge in [-0.2, -0.15) is 0 Å². The van der Waals surface area contributed by atoms with Gasteiger partial charge < -0.3 is 34.3 Å². The third-order valence-corrected chi connectivity index (χ3v) is 9.08. The summed E-state index contributed by atoms with van der Waals surface area (Å²) >= 11 is 0. The van der Waals surface area contributed by atoms with Crippen LogP contribution >= 0.6 is 0 Å². The molecule has 2 heterocycles. The van der Waals surface area contributed by atoms with E-state index in [-0.39, 0.29) is 42.5 Å². The Balaban J connectivity index is 1.47. The summed E-state index contributed by atoms with van der Waals surface area (Å²) in [6.45, 7) is -0.0632. The molecule has 4 atom stereocenters. The first-order valence-electron chi connectivity index (χ1n) is 15.3. The second kappa shape index (κ2) is 12.9. The van der Waals surface area contributed by atoms with Crippen LogP contribution in [-0.2, 0) is 4.79 Å². The van der Waals surface area contributed by atoms with Crippen molar-refractivity contribution in [3.63, 3.8) is 0 Å². The van der Waals surface area contributed by atoms with Crippen molar-refractivity contribution in [2.45, 2.75) is 56.3 Å². The Bertz CT molecular complexity index is 1710. The first kappa shape index (κ1) is 30.5. The van der Waals surface area contributed by atoms with Crippen molar-refractivity contribution in [1.82, 2.24) is 10.2 Å². The number of carbonyl (C=O) groups is 3. The van der Waals surface area contributed by atoms with E-state index in [1.54, 1.807) is 36.4 Å². The van der Waals surface area contributed by atoms with Gasteiger partial charge in [0, 0.05) is 35.2 Å². The van der Waals surface area contributed by atoms with E-state index >= 15 is 0 Å². The lowest BCUT2D eigenvalue weighted by atomic mass is 9.76. The van der Waals surface area contributed by atoms with Crippen LogP contribution in [0.3, 0.4) is 0 Å². The average molecular weight is 617 g/mol. The number of hydrogen-bond acceptors (Lipinski definition) is 9. The quantitative estimate of drug-likeness (QED) is 0.243. The van der Waals surface area contributed by atoms with Crippen LogP contribution in [0.2, 0.25) is 0 Å². The maximum Gasteiger partial charge on any atom is 0.349 e. The number of nitrogens with one attached hydrogen (secondary N) is 1. The number of hydrogen-bond donors (Lipinski definition) is 3. The van der Waals surface area contributed by atoms with E-state index in [1.807, 2.05) is 0 Å². The Morgan fingerprint density at radius 3 is 2.64 bits per heavy atom. The topological polar surface area (TPSA) is 156 Å². The van der Waals surface area contributed by atoms with Crippen molar-refractivity contribution in [1.29, 1.82) is 0 Å². The zero-order valence-corrected chi connectivity index (χ0v) is 24.9. The second-order valence-electron chi connectivity index (χ2n) is 11.8. The molecule has 4 unspecified atom stereocenters. The van der Waals surface area contributed by atoms with Crippen molar-refractivity contribution in [3.05, 3.63) is 81.2 Å². The van der Waals surface area contributed by atoms with Crippen LogP contribution in [0, 0.1) is 5.92 Å². The average Bonchev–Trinajstić information content (AvgIpc) is 3.46. The van der Waals surface area contributed by atoms with Crippen LogP contribution < -0.4 is 20.4 Å². The maximum absolute atomic E-state index is 14.4. The normalized spacial score (nSPS) is 22.5. The fraction of sp³-hybridized carbons (Fsp3) is 0.412. The van der Waals surface area contributed by atoms with Gasteiger partial charge >= 0.3 is 5.63 Å². The van der Waals surface area contributed by atoms with E-state index in [2.05, 4.69) is 5.32 Å². The number of methoxy groups -OCH3 is 1. The molecule has 2 amide bonds. The molecule has 2 aliphatic carbocycles. The number of aliphatic hydroxyl groups is 2. The lowest BCUT2D eigenvalue weighted by Gasteiger charge is -2.42. The summed E-state index contributed by atoms with van der Waals surface area (Å²) in [6, 6.07) is 10.5. The lowest BCUT2D eigenvalue weighted by Crippen LogP contribution is -2.57. The van der Waals surface area contributed by atoms with Crippen molar-refractivity contribution >= 4 is 29.1 Å². The molecule has 3 N–H and O–H groups in total. The molecule has 2 aromatic carbocycles. The number of nitrogens with zero attached hydrogens (tertiary/aromatic N) is 1. The maximum atomic E-state index is 14.4. The van der Waals surface area contributed by atoms with Gasteiger partial charge in [-0.25, -0.2) is 4.79 Å². The molecule has 3 aliphatic rings. The Morgan fingerprint density at radius 1 is 1.13 bits per heavy atom. The molecule has 11 heteroatoms. The third-order valence-electron chi connectivity index (χ3n) is 9.08. The van der Waals surface area contributed by atoms with Gasteiger partial charge in [-0.1, -0.05) is 37.5 Å². The number of ether oxygens (including phenoxy) is 2. The van der Waals surface area contributed by atoms with Crippen LogP contribution in [0.1, 0.15) is 64.3 Å². The highest BCUT2D eigenvalue weighted by Gasteiger charge is 2.52. The predicted molar refractivity (Wildman–Crippen MR) is 164 cm³/mol. The number of aliphatic hydroxyl groups excluding tert-OH is 2. The molecule has 1 aliphatic heterocycles. The number of aldehydes is 1. The molecule has 0 bridgehead atoms. The monoisotopic (exact) mass is 616 g/mol. The summed E-state index contributed by atoms with van der Waals surface area (Å²) in [5.41, 5.74) is 0.382. The van der Waals surface area contributed by atoms with Crippen molar-refractivity contribution in [3.8, 4) is 11.5 Å². The van der Waals surface area contributed by atoms with Gasteiger partial charge in [0.25, 0.3) is 5.91 Å². The van der Waals surface area contributed by atoms with E-state index in [0.717, 1.165) is 32.1 Å². The number of carbonyl (C=O) groups excluding carboxylic acids is 3. The minimum atomic E-state index is -1.32. The Morgan fingerprint density at radius 2 is 1.91 bits per heavy atom. The second-order valence-corrected chi connectivity index (χ2v) is 11.8. The summed E-state index contributed by atoms with van der Waals surface area (Å²) in [5.74, 6) is -1.25. The zero-order valence-electron chi connectivity index (χ0n) is 24.9. The first-order chi connectivity index (χ1) is 21.8. The van der Waals surface area contributed by atoms with Gasteiger partial charge in [0.05, 0.1) is 25.7 Å². The molecule has 1 fully saturated rings. The predicted octanol–water partition coefficient (Wildman–Crippen LogP) is 2.96. The number of rotatable bonds is 9. The number of benzene rings is 2. The van der Waals surface area contributed by atoms with E-state index < -0.39 is 41.6 Å². The van der Waals surface area contributed by atoms with Crippen LogP contribution in [0.25, 0.3) is 11.0 Å². The van der Waals surface area contributed by atoms with Crippen LogP contribution in [-0.4, -0.2) is 78.3 Å². The summed E-state index contributed by atoms with van der Waals surface area (Å²) in [7, 11) is 1.43. The van der Waals surface area contributed by atoms with Crippen LogP contribution in [0.15, 0.2) is 63.3 Å². The molecule has 1 aromatic heterocycles. The fourth-order valence-electron chi connectivity index (χ4n) is 6.91. The summed E-state index contributed by atoms with van der Waals surface area (Å²) in [6.07, 6.45) is 4.75. The van der Waals surface area contributed by atoms with Crippen molar-refractivity contribution < 1.29 is 38.5 Å². The van der Waals surface area contributed by atoms with Crippen molar-refractivity contribution in [2.24, 2.45) is 5.92 Å². The molecular formula is C34H36N2O9. The molecule has 236 valence electrons. The largest absolute Gasteiger partial charge is 0.493 e. The number of fused-ring (bicyclic) bond motifs is 4. The fourth-order valence-corrected chi connectivity index (χ4v) is 6.91. The van der Waals surface area contributed by atoms with E-state index in [0.29, 0.717) is 34.1 Å². The van der Waals surface area contributed by atoms with Crippen molar-refractivity contribution in [2.75, 3.05) is 26.8 Å². The Labute approximate surface area is 259 Å². The highest BCUT2D eigenvalue weighted by atomic mass is 16.5. The van der Waals surface area contributed by atoms with Gasteiger partial charge in [-0.3, -0.25) is 14.4 Å². The smallest absolute Gasteiger partial charge is 0.349 e. The molecule has 0 spiro atoms. The summed E-state index contributed by atoms with van der Waals surface area (Å²) < 4.78 is 17.3. The molecule has 6 rings (SSSR count). The standard InChI is InChI=1S/C34H36N2O9/c1-43-27-14-20(18-38)13-22-28-23(32(40)35-11-12-37)16-25(29(39)31(28)45-30(22)27)36(17-19-7-3-2-4-8-19)33(41)24-15-21-9-5-6-10-26(21)44-34(24)42/h5-6,9-10,13-16,18-19,25,28-29,31,37,39H,2-4,7-8,11-12,17H2,1H3,(H,35,40). The lowest BCUT2D eigenvalue weighted by molar-refractivity contribution is -0.118. The molecular weight excluding hydrogens is 580 g/mol. The van der Waals surface area contributed by atoms with Gasteiger partial charge in [0.15, 0.2) is 11.5 Å². The van der Waals surface area contributed by atoms with Crippen LogP contribution in [0.5, 0.6) is 11.5 Å². The van der Waals surface area contributed by atoms with Gasteiger partial charge in [-0.05, 0) is 49.1 Å². The molecule has 3 aromatic rings. The highest BCUT2D eigenvalue weighted by molar-refractivity contribution is 5.99. The zero-order chi connectivity index (χ0) is 31.7. The minimum absolute atomic E-state index is 0.0188. The molecule has 11 nitrogen and oxygen atoms in total. The summed E-state index contributed by atoms with van der Waals surface area (Å²) in [4.78, 5) is 54.4. The third kappa shape index (κ3) is 5.73. The first-order valence-corrected chi connectivity index (χ1v) is 15.3. The highest BCUT2D eigenvalue weighted by Crippen LogP contribution is 2.51. The van der Waals surface area contributed by atoms with E-state index in [1.165, 1.54) is 24.1 Å². The number of para-hydroxylation sites is 1. The van der Waals surface area contributed by atoms with Gasteiger partial charge in [0.2, 0.25) is 5.91 Å². The Hall–Kier alpha value is -4.48. The van der Waals surface area contributed by atoms with Gasteiger partial charge in [0.1, 0.15) is 29.6 Å². The number of amides is 2. The van der Waals surface area contributed by atoms with Crippen LogP contribution in [0.4, 0.5) is 0 Å². The minimum Gasteiger partial charge on any atom is -0.493 e. The van der Waals surface area contributed by atoms with E-state index in [9.17, 15) is 29.4 Å². The molecule has 45 heavy (non-hydrogen) atoms. The Kier molecular flexibility index (Phi) is 8.73. The SMILES string of the molecule is COc1cc(C=O)cc2c1OC1C2C(C(=O)NCCO)=CC(N(CC2CCCCC2)C(=O)c2cc3ccccc3oc2=O)C1O. The van der Waals surface area contributed by atoms with Gasteiger partial charge in [-0.15, -0.1) is 0 Å². The molecule has 0 saturated heterocycles. The summed E-state index contributed by atoms with van der Waals surface area (Å²) in [5, 5.41) is 24.6. The van der Waals surface area contributed by atoms with E-state index in [4.69, 9.17) is 13.9 Å².